The molecule has 264 valence electrons. The number of nitrogens with one attached hydrogen (secondary N) is 2. The quantitative estimate of drug-likeness (QED) is 0.164. The van der Waals surface area contributed by atoms with Gasteiger partial charge in [0.25, 0.3) is 11.8 Å². The number of aromatic amines is 1. The van der Waals surface area contributed by atoms with E-state index in [0.29, 0.717) is 77.3 Å². The zero-order valence-electron chi connectivity index (χ0n) is 28.1. The van der Waals surface area contributed by atoms with Gasteiger partial charge < -0.3 is 19.4 Å². The summed E-state index contributed by atoms with van der Waals surface area (Å²) in [5, 5.41) is 10.9. The molecule has 6 aromatic rings. The number of aryl methyl sites for hydroxylation is 3. The van der Waals surface area contributed by atoms with Crippen molar-refractivity contribution in [3.05, 3.63) is 110 Å². The molecular weight excluding hydrogens is 694 g/mol. The third-order valence-corrected chi connectivity index (χ3v) is 11.5. The predicted molar refractivity (Wildman–Crippen MR) is 188 cm³/mol. The fourth-order valence-electron chi connectivity index (χ4n) is 8.06. The van der Waals surface area contributed by atoms with Crippen molar-refractivity contribution in [3.63, 3.8) is 0 Å². The average molecular weight is 725 g/mol. The van der Waals surface area contributed by atoms with Gasteiger partial charge in [-0.1, -0.05) is 12.1 Å². The molecule has 1 amide bonds. The lowest BCUT2D eigenvalue weighted by Crippen LogP contribution is -2.22. The standard InChI is InChI=1S/C38H31F3N6O4S/c1-17-14-19-15-27(52-34(19)35(42-17)44-24-12-10-21-22(24)16-23(40)31(41)33(21)50-2)29-28(36-45-46-38(49)51-36)25(11-7-18-5-8-20(39)9-6-18)43-32-26-4-3-13-47(26)37(48)30(29)32/h5-6,8-9,14-16,24,26H,3-4,7,10-13H2,1-2H3,(H,42,44)(H,46,49)/t24-,26?/m1/s1. The molecule has 4 aromatic heterocycles. The molecule has 10 nitrogen and oxygen atoms in total. The van der Waals surface area contributed by atoms with E-state index in [1.54, 1.807) is 12.1 Å². The number of methoxy groups -OCH3 is 1. The topological polar surface area (TPSA) is 126 Å². The number of amides is 1. The number of thiophene rings is 1. The molecule has 2 atom stereocenters. The van der Waals surface area contributed by atoms with Crippen LogP contribution in [0, 0.1) is 24.4 Å². The van der Waals surface area contributed by atoms with Crippen molar-refractivity contribution in [1.29, 1.82) is 0 Å². The molecule has 6 heterocycles. The molecule has 0 bridgehead atoms. The lowest BCUT2D eigenvalue weighted by atomic mass is 9.93. The maximum Gasteiger partial charge on any atom is 0.434 e. The lowest BCUT2D eigenvalue weighted by Gasteiger charge is -2.17. The predicted octanol–water partition coefficient (Wildman–Crippen LogP) is 7.61. The van der Waals surface area contributed by atoms with Crippen molar-refractivity contribution in [2.75, 3.05) is 19.0 Å². The van der Waals surface area contributed by atoms with Gasteiger partial charge in [-0.15, -0.1) is 16.4 Å². The van der Waals surface area contributed by atoms with Crippen molar-refractivity contribution < 1.29 is 27.1 Å². The number of aromatic nitrogens is 4. The van der Waals surface area contributed by atoms with Crippen LogP contribution in [-0.4, -0.2) is 44.6 Å². The third-order valence-electron chi connectivity index (χ3n) is 10.3. The van der Waals surface area contributed by atoms with Crippen LogP contribution in [0.4, 0.5) is 19.0 Å². The van der Waals surface area contributed by atoms with Crippen LogP contribution in [0.2, 0.25) is 0 Å². The Morgan fingerprint density at radius 2 is 1.87 bits per heavy atom. The van der Waals surface area contributed by atoms with Crippen LogP contribution in [0.3, 0.4) is 0 Å². The molecule has 1 unspecified atom stereocenters. The number of hydrogen-bond acceptors (Lipinski definition) is 9. The molecular formula is C38H31F3N6O4S. The highest BCUT2D eigenvalue weighted by Gasteiger charge is 2.45. The first-order chi connectivity index (χ1) is 25.2. The molecule has 2 aromatic carbocycles. The number of halogens is 3. The Kier molecular flexibility index (Phi) is 7.68. The Labute approximate surface area is 298 Å². The van der Waals surface area contributed by atoms with E-state index in [9.17, 15) is 22.8 Å². The molecule has 1 saturated heterocycles. The van der Waals surface area contributed by atoms with E-state index in [-0.39, 0.29) is 35.4 Å². The number of hydrogen-bond donors (Lipinski definition) is 2. The minimum Gasteiger partial charge on any atom is -0.493 e. The van der Waals surface area contributed by atoms with Gasteiger partial charge in [0, 0.05) is 28.2 Å². The van der Waals surface area contributed by atoms with Crippen LogP contribution in [0.15, 0.2) is 51.7 Å². The summed E-state index contributed by atoms with van der Waals surface area (Å²) in [6, 6.07) is 10.9. The number of pyridine rings is 2. The van der Waals surface area contributed by atoms with Crippen LogP contribution in [-0.2, 0) is 19.3 Å². The second-order valence-electron chi connectivity index (χ2n) is 13.4. The average Bonchev–Trinajstić information content (AvgIpc) is 3.97. The van der Waals surface area contributed by atoms with E-state index >= 15 is 0 Å². The number of H-pyrrole nitrogens is 1. The molecule has 14 heteroatoms. The fraction of sp³-hybridized carbons (Fsp3) is 0.289. The number of rotatable bonds is 8. The van der Waals surface area contributed by atoms with Crippen molar-refractivity contribution in [2.24, 2.45) is 0 Å². The second-order valence-corrected chi connectivity index (χ2v) is 14.5. The Bertz CT molecular complexity index is 2490. The van der Waals surface area contributed by atoms with Crippen molar-refractivity contribution in [1.82, 2.24) is 25.1 Å². The summed E-state index contributed by atoms with van der Waals surface area (Å²) < 4.78 is 54.6. The number of ether oxygens (including phenoxy) is 1. The maximum atomic E-state index is 14.7. The number of fused-ring (bicyclic) bond motifs is 5. The zero-order chi connectivity index (χ0) is 35.8. The minimum atomic E-state index is -0.999. The zero-order valence-corrected chi connectivity index (χ0v) is 28.9. The molecule has 1 fully saturated rings. The molecule has 9 rings (SSSR count). The molecule has 0 radical (unpaired) electrons. The monoisotopic (exact) mass is 724 g/mol. The van der Waals surface area contributed by atoms with Gasteiger partial charge in [-0.25, -0.2) is 23.7 Å². The normalized spacial score (nSPS) is 17.6. The molecule has 52 heavy (non-hydrogen) atoms. The Balaban J connectivity index is 1.21. The van der Waals surface area contributed by atoms with Gasteiger partial charge in [-0.05, 0) is 92.3 Å². The summed E-state index contributed by atoms with van der Waals surface area (Å²) in [6.45, 7) is 2.49. The van der Waals surface area contributed by atoms with Crippen molar-refractivity contribution in [2.45, 2.75) is 57.5 Å². The minimum absolute atomic E-state index is 0.0140. The number of carbonyl (C=O) groups is 1. The first kappa shape index (κ1) is 32.4. The molecule has 2 N–H and O–H groups in total. The van der Waals surface area contributed by atoms with E-state index in [0.717, 1.165) is 39.1 Å². The lowest BCUT2D eigenvalue weighted by molar-refractivity contribution is 0.0776. The number of carbonyl (C=O) groups excluding carboxylic acids is 1. The van der Waals surface area contributed by atoms with Gasteiger partial charge >= 0.3 is 5.76 Å². The van der Waals surface area contributed by atoms with Gasteiger partial charge in [0.1, 0.15) is 11.6 Å². The SMILES string of the molecule is COc1c(F)c(F)cc2c1CC[C@H]2Nc1nc(C)cc2cc(-c3c4c(nc(CCc5ccc(F)cc5)c3-c3n[nH]c(=O)o3)C3CCCN3C4=O)sc12. The van der Waals surface area contributed by atoms with Gasteiger partial charge in [-0.3, -0.25) is 9.78 Å². The van der Waals surface area contributed by atoms with Crippen LogP contribution < -0.4 is 15.8 Å². The summed E-state index contributed by atoms with van der Waals surface area (Å²) in [6.07, 6.45) is 3.63. The molecule has 0 spiro atoms. The van der Waals surface area contributed by atoms with E-state index in [1.165, 1.54) is 36.6 Å². The van der Waals surface area contributed by atoms with Gasteiger partial charge in [-0.2, -0.15) is 4.39 Å². The maximum absolute atomic E-state index is 14.7. The first-order valence-corrected chi connectivity index (χ1v) is 17.9. The third kappa shape index (κ3) is 5.18. The Hall–Kier alpha value is -5.50. The molecule has 2 aliphatic heterocycles. The van der Waals surface area contributed by atoms with E-state index < -0.39 is 17.4 Å². The van der Waals surface area contributed by atoms with Gasteiger partial charge in [0.15, 0.2) is 11.6 Å². The highest BCUT2D eigenvalue weighted by atomic mass is 32.1. The Morgan fingerprint density at radius 1 is 1.04 bits per heavy atom. The summed E-state index contributed by atoms with van der Waals surface area (Å²) >= 11 is 1.42. The van der Waals surface area contributed by atoms with E-state index in [2.05, 4.69) is 15.5 Å². The molecule has 0 saturated carbocycles. The summed E-state index contributed by atoms with van der Waals surface area (Å²) in [4.78, 5) is 39.1. The highest BCUT2D eigenvalue weighted by Crippen LogP contribution is 2.51. The van der Waals surface area contributed by atoms with Gasteiger partial charge in [0.05, 0.1) is 46.4 Å². The Morgan fingerprint density at radius 3 is 2.63 bits per heavy atom. The van der Waals surface area contributed by atoms with Crippen LogP contribution >= 0.6 is 11.3 Å². The summed E-state index contributed by atoms with van der Waals surface area (Å²) in [5.74, 6) is -2.69. The van der Waals surface area contributed by atoms with E-state index in [1.807, 2.05) is 24.0 Å². The smallest absolute Gasteiger partial charge is 0.434 e. The number of nitrogens with zero attached hydrogens (tertiary/aromatic N) is 4. The number of benzene rings is 2. The van der Waals surface area contributed by atoms with Crippen LogP contribution in [0.25, 0.3) is 32.0 Å². The van der Waals surface area contributed by atoms with Crippen molar-refractivity contribution >= 4 is 33.1 Å². The van der Waals surface area contributed by atoms with Crippen LogP contribution in [0.1, 0.15) is 75.5 Å². The van der Waals surface area contributed by atoms with Crippen LogP contribution in [0.5, 0.6) is 5.75 Å². The second kappa shape index (κ2) is 12.3. The number of anilines is 1. The van der Waals surface area contributed by atoms with Gasteiger partial charge in [0.2, 0.25) is 5.82 Å². The van der Waals surface area contributed by atoms with Crippen molar-refractivity contribution in [3.8, 4) is 27.6 Å². The molecule has 1 aliphatic carbocycles. The van der Waals surface area contributed by atoms with E-state index in [4.69, 9.17) is 19.1 Å². The highest BCUT2D eigenvalue weighted by molar-refractivity contribution is 7.23. The first-order valence-electron chi connectivity index (χ1n) is 17.1. The largest absolute Gasteiger partial charge is 0.493 e. The summed E-state index contributed by atoms with van der Waals surface area (Å²) in [5.41, 5.74) is 5.62. The fourth-order valence-corrected chi connectivity index (χ4v) is 9.21. The summed E-state index contributed by atoms with van der Waals surface area (Å²) in [7, 11) is 1.33. The molecule has 3 aliphatic rings.